The molecular formula is C20H24N2O5S. The van der Waals surface area contributed by atoms with Gasteiger partial charge in [-0.25, -0.2) is 8.42 Å². The highest BCUT2D eigenvalue weighted by molar-refractivity contribution is 7.92. The highest BCUT2D eigenvalue weighted by Gasteiger charge is 2.27. The second kappa shape index (κ2) is 9.07. The Hall–Kier alpha value is -2.58. The molecule has 1 N–H and O–H groups in total. The van der Waals surface area contributed by atoms with Gasteiger partial charge in [0.25, 0.3) is 10.0 Å². The predicted molar refractivity (Wildman–Crippen MR) is 106 cm³/mol. The summed E-state index contributed by atoms with van der Waals surface area (Å²) >= 11 is 0. The number of methoxy groups -OCH3 is 1. The van der Waals surface area contributed by atoms with Crippen LogP contribution >= 0.6 is 0 Å². The van der Waals surface area contributed by atoms with E-state index in [4.69, 9.17) is 9.47 Å². The number of anilines is 1. The Morgan fingerprint density at radius 1 is 1.18 bits per heavy atom. The summed E-state index contributed by atoms with van der Waals surface area (Å²) in [4.78, 5) is 12.6. The highest BCUT2D eigenvalue weighted by Crippen LogP contribution is 2.25. The van der Waals surface area contributed by atoms with Crippen molar-refractivity contribution < 1.29 is 22.7 Å². The molecule has 8 heteroatoms. The first-order chi connectivity index (χ1) is 13.5. The van der Waals surface area contributed by atoms with Crippen molar-refractivity contribution in [3.05, 3.63) is 54.6 Å². The van der Waals surface area contributed by atoms with Crippen LogP contribution in [0.2, 0.25) is 0 Å². The maximum absolute atomic E-state index is 13.2. The Bertz CT molecular complexity index is 879. The second-order valence-corrected chi connectivity index (χ2v) is 8.32. The Labute approximate surface area is 165 Å². The first-order valence-electron chi connectivity index (χ1n) is 9.11. The first-order valence-corrected chi connectivity index (χ1v) is 10.5. The van der Waals surface area contributed by atoms with E-state index in [1.807, 2.05) is 0 Å². The summed E-state index contributed by atoms with van der Waals surface area (Å²) in [7, 11) is -2.37. The lowest BCUT2D eigenvalue weighted by Gasteiger charge is -2.24. The van der Waals surface area contributed by atoms with Crippen LogP contribution in [0.5, 0.6) is 5.75 Å². The third-order valence-electron chi connectivity index (χ3n) is 4.53. The number of carbonyl (C=O) groups is 1. The van der Waals surface area contributed by atoms with E-state index < -0.39 is 10.0 Å². The molecule has 1 amide bonds. The molecule has 2 aromatic rings. The van der Waals surface area contributed by atoms with Gasteiger partial charge in [0, 0.05) is 13.2 Å². The smallest absolute Gasteiger partial charge is 0.264 e. The van der Waals surface area contributed by atoms with Crippen LogP contribution in [0.15, 0.2) is 59.5 Å². The summed E-state index contributed by atoms with van der Waals surface area (Å²) in [5, 5.41) is 2.78. The van der Waals surface area contributed by atoms with Gasteiger partial charge in [0.05, 0.1) is 23.8 Å². The number of amides is 1. The lowest BCUT2D eigenvalue weighted by Crippen LogP contribution is -2.42. The van der Waals surface area contributed by atoms with Gasteiger partial charge in [-0.2, -0.15) is 0 Å². The maximum Gasteiger partial charge on any atom is 0.264 e. The van der Waals surface area contributed by atoms with Crippen molar-refractivity contribution in [2.45, 2.75) is 23.8 Å². The third-order valence-corrected chi connectivity index (χ3v) is 6.32. The third kappa shape index (κ3) is 4.82. The molecule has 0 bridgehead atoms. The molecule has 1 aliphatic rings. The molecule has 1 saturated heterocycles. The van der Waals surface area contributed by atoms with Gasteiger partial charge in [0.2, 0.25) is 5.91 Å². The molecule has 28 heavy (non-hydrogen) atoms. The van der Waals surface area contributed by atoms with E-state index in [0.29, 0.717) is 24.6 Å². The summed E-state index contributed by atoms with van der Waals surface area (Å²) in [5.41, 5.74) is 0.386. The van der Waals surface area contributed by atoms with Gasteiger partial charge in [-0.1, -0.05) is 18.2 Å². The molecule has 0 saturated carbocycles. The van der Waals surface area contributed by atoms with Crippen molar-refractivity contribution in [2.75, 3.05) is 31.1 Å². The molecular weight excluding hydrogens is 380 g/mol. The average Bonchev–Trinajstić information content (AvgIpc) is 3.25. The molecule has 3 rings (SSSR count). The van der Waals surface area contributed by atoms with Crippen LogP contribution in [0.3, 0.4) is 0 Å². The molecule has 1 atom stereocenters. The summed E-state index contributed by atoms with van der Waals surface area (Å²) in [6.45, 7) is 0.748. The van der Waals surface area contributed by atoms with Gasteiger partial charge in [-0.3, -0.25) is 9.10 Å². The topological polar surface area (TPSA) is 84.9 Å². The minimum Gasteiger partial charge on any atom is -0.497 e. The van der Waals surface area contributed by atoms with Crippen molar-refractivity contribution in [1.82, 2.24) is 5.32 Å². The summed E-state index contributed by atoms with van der Waals surface area (Å²) in [6, 6.07) is 14.6. The SMILES string of the molecule is COc1ccc(N(CC(=O)NCC2CCCO2)S(=O)(=O)c2ccccc2)cc1. The summed E-state index contributed by atoms with van der Waals surface area (Å²) in [5.74, 6) is 0.217. The van der Waals surface area contributed by atoms with E-state index in [2.05, 4.69) is 5.32 Å². The first kappa shape index (κ1) is 20.2. The molecule has 1 unspecified atom stereocenters. The van der Waals surface area contributed by atoms with Crippen molar-refractivity contribution in [2.24, 2.45) is 0 Å². The van der Waals surface area contributed by atoms with E-state index in [1.165, 1.54) is 19.2 Å². The number of nitrogens with zero attached hydrogens (tertiary/aromatic N) is 1. The Balaban J connectivity index is 1.82. The fourth-order valence-electron chi connectivity index (χ4n) is 3.00. The van der Waals surface area contributed by atoms with Gasteiger partial charge >= 0.3 is 0 Å². The largest absolute Gasteiger partial charge is 0.497 e. The number of nitrogens with one attached hydrogen (secondary N) is 1. The van der Waals surface area contributed by atoms with Crippen LogP contribution in [0.4, 0.5) is 5.69 Å². The fraction of sp³-hybridized carbons (Fsp3) is 0.350. The average molecular weight is 404 g/mol. The molecule has 150 valence electrons. The molecule has 0 aromatic heterocycles. The van der Waals surface area contributed by atoms with Crippen molar-refractivity contribution >= 4 is 21.6 Å². The summed E-state index contributed by atoms with van der Waals surface area (Å²) < 4.78 is 38.1. The van der Waals surface area contributed by atoms with Crippen LogP contribution in [0, 0.1) is 0 Å². The number of benzene rings is 2. The predicted octanol–water partition coefficient (Wildman–Crippen LogP) is 2.19. The molecule has 0 spiro atoms. The lowest BCUT2D eigenvalue weighted by atomic mass is 10.2. The zero-order valence-corrected chi connectivity index (χ0v) is 16.5. The molecule has 7 nitrogen and oxygen atoms in total. The Morgan fingerprint density at radius 2 is 1.89 bits per heavy atom. The number of hydrogen-bond donors (Lipinski definition) is 1. The van der Waals surface area contributed by atoms with E-state index in [0.717, 1.165) is 17.1 Å². The number of sulfonamides is 1. The zero-order chi connectivity index (χ0) is 20.0. The standard InChI is InChI=1S/C20H24N2O5S/c1-26-17-11-9-16(10-12-17)22(28(24,25)19-7-3-2-4-8-19)15-20(23)21-14-18-6-5-13-27-18/h2-4,7-12,18H,5-6,13-15H2,1H3,(H,21,23). The van der Waals surface area contributed by atoms with Crippen LogP contribution in [0.1, 0.15) is 12.8 Å². The van der Waals surface area contributed by atoms with Crippen LogP contribution < -0.4 is 14.4 Å². The maximum atomic E-state index is 13.2. The summed E-state index contributed by atoms with van der Waals surface area (Å²) in [6.07, 6.45) is 1.86. The molecule has 0 aliphatic carbocycles. The lowest BCUT2D eigenvalue weighted by molar-refractivity contribution is -0.120. The molecule has 0 radical (unpaired) electrons. The van der Waals surface area contributed by atoms with E-state index in [-0.39, 0.29) is 23.5 Å². The number of carbonyl (C=O) groups excluding carboxylic acids is 1. The van der Waals surface area contributed by atoms with Gasteiger partial charge < -0.3 is 14.8 Å². The normalized spacial score (nSPS) is 16.5. The van der Waals surface area contributed by atoms with Gasteiger partial charge in [0.15, 0.2) is 0 Å². The number of ether oxygens (including phenoxy) is 2. The van der Waals surface area contributed by atoms with Gasteiger partial charge in [0.1, 0.15) is 12.3 Å². The van der Waals surface area contributed by atoms with Crippen molar-refractivity contribution in [3.8, 4) is 5.75 Å². The zero-order valence-electron chi connectivity index (χ0n) is 15.7. The number of hydrogen-bond acceptors (Lipinski definition) is 5. The fourth-order valence-corrected chi connectivity index (χ4v) is 4.44. The minimum atomic E-state index is -3.91. The number of rotatable bonds is 8. The molecule has 1 heterocycles. The quantitative estimate of drug-likeness (QED) is 0.729. The van der Waals surface area contributed by atoms with Crippen LogP contribution in [-0.4, -0.2) is 47.2 Å². The van der Waals surface area contributed by atoms with Crippen LogP contribution in [0.25, 0.3) is 0 Å². The van der Waals surface area contributed by atoms with E-state index >= 15 is 0 Å². The molecule has 2 aromatic carbocycles. The molecule has 1 aliphatic heterocycles. The highest BCUT2D eigenvalue weighted by atomic mass is 32.2. The van der Waals surface area contributed by atoms with Crippen molar-refractivity contribution in [1.29, 1.82) is 0 Å². The van der Waals surface area contributed by atoms with E-state index in [9.17, 15) is 13.2 Å². The second-order valence-electron chi connectivity index (χ2n) is 6.46. The Morgan fingerprint density at radius 3 is 2.50 bits per heavy atom. The monoisotopic (exact) mass is 404 g/mol. The van der Waals surface area contributed by atoms with E-state index in [1.54, 1.807) is 42.5 Å². The van der Waals surface area contributed by atoms with Gasteiger partial charge in [-0.15, -0.1) is 0 Å². The molecule has 1 fully saturated rings. The van der Waals surface area contributed by atoms with Gasteiger partial charge in [-0.05, 0) is 49.2 Å². The minimum absolute atomic E-state index is 0.0101. The van der Waals surface area contributed by atoms with Crippen molar-refractivity contribution in [3.63, 3.8) is 0 Å². The Kier molecular flexibility index (Phi) is 6.53. The van der Waals surface area contributed by atoms with Crippen LogP contribution in [-0.2, 0) is 19.6 Å².